The number of benzene rings is 2. The van der Waals surface area contributed by atoms with Crippen molar-refractivity contribution in [1.29, 1.82) is 0 Å². The quantitative estimate of drug-likeness (QED) is 0.512. The van der Waals surface area contributed by atoms with Crippen molar-refractivity contribution in [3.63, 3.8) is 0 Å². The standard InChI is InChI=1S/C31H40FN3O3/c1-2-28(30(36)33-16-20-34-17-5-6-18-34)38-26-14-11-22-15-19-35(31(37)24-7-3-4-8-24)29(27(22)21-26)23-9-12-25(32)13-10-23/h9-14,21,24,28-29H,2-8,15-20H2,1H3,(H,33,36). The van der Waals surface area contributed by atoms with Gasteiger partial charge in [-0.15, -0.1) is 0 Å². The van der Waals surface area contributed by atoms with Crippen molar-refractivity contribution in [3.8, 4) is 5.75 Å². The van der Waals surface area contributed by atoms with Crippen molar-refractivity contribution in [2.24, 2.45) is 5.92 Å². The molecule has 2 atom stereocenters. The highest BCUT2D eigenvalue weighted by atomic mass is 19.1. The Morgan fingerprint density at radius 1 is 1.03 bits per heavy atom. The van der Waals surface area contributed by atoms with Crippen LogP contribution in [0.5, 0.6) is 5.75 Å². The second-order valence-corrected chi connectivity index (χ2v) is 10.9. The maximum absolute atomic E-state index is 13.8. The van der Waals surface area contributed by atoms with Gasteiger partial charge in [-0.05, 0) is 92.6 Å². The van der Waals surface area contributed by atoms with Crippen LogP contribution in [0.25, 0.3) is 0 Å². The van der Waals surface area contributed by atoms with Gasteiger partial charge in [-0.2, -0.15) is 0 Å². The lowest BCUT2D eigenvalue weighted by Crippen LogP contribution is -2.43. The Balaban J connectivity index is 1.35. The van der Waals surface area contributed by atoms with E-state index in [9.17, 15) is 14.0 Å². The van der Waals surface area contributed by atoms with E-state index in [2.05, 4.69) is 16.3 Å². The molecule has 38 heavy (non-hydrogen) atoms. The van der Waals surface area contributed by atoms with Crippen molar-refractivity contribution in [2.45, 2.75) is 70.4 Å². The first-order valence-corrected chi connectivity index (χ1v) is 14.4. The highest BCUT2D eigenvalue weighted by Gasteiger charge is 2.36. The van der Waals surface area contributed by atoms with Crippen LogP contribution in [-0.2, 0) is 16.0 Å². The minimum absolute atomic E-state index is 0.0626. The van der Waals surface area contributed by atoms with Crippen LogP contribution in [0.15, 0.2) is 42.5 Å². The van der Waals surface area contributed by atoms with Crippen LogP contribution in [0.4, 0.5) is 4.39 Å². The smallest absolute Gasteiger partial charge is 0.261 e. The van der Waals surface area contributed by atoms with E-state index in [-0.39, 0.29) is 29.6 Å². The molecule has 2 aromatic rings. The van der Waals surface area contributed by atoms with Gasteiger partial charge in [-0.1, -0.05) is 38.0 Å². The molecule has 5 rings (SSSR count). The minimum Gasteiger partial charge on any atom is -0.481 e. The highest BCUT2D eigenvalue weighted by Crippen LogP contribution is 2.40. The van der Waals surface area contributed by atoms with Crippen LogP contribution < -0.4 is 10.1 Å². The van der Waals surface area contributed by atoms with Gasteiger partial charge in [-0.3, -0.25) is 9.59 Å². The van der Waals surface area contributed by atoms with E-state index in [1.54, 1.807) is 12.1 Å². The first kappa shape index (κ1) is 26.7. The zero-order chi connectivity index (χ0) is 26.5. The Morgan fingerprint density at radius 2 is 1.76 bits per heavy atom. The molecule has 2 amide bonds. The van der Waals surface area contributed by atoms with Crippen LogP contribution in [0.1, 0.15) is 74.6 Å². The molecule has 7 heteroatoms. The fourth-order valence-corrected chi connectivity index (χ4v) is 6.26. The highest BCUT2D eigenvalue weighted by molar-refractivity contribution is 5.81. The Labute approximate surface area is 225 Å². The van der Waals surface area contributed by atoms with Gasteiger partial charge in [0.1, 0.15) is 11.6 Å². The predicted octanol–water partition coefficient (Wildman–Crippen LogP) is 4.86. The molecule has 0 aromatic heterocycles. The molecular formula is C31H40FN3O3. The number of halogens is 1. The lowest BCUT2D eigenvalue weighted by atomic mass is 9.87. The molecule has 2 aliphatic heterocycles. The summed E-state index contributed by atoms with van der Waals surface area (Å²) in [5.41, 5.74) is 3.05. The number of carbonyl (C=O) groups is 2. The van der Waals surface area contributed by atoms with Crippen LogP contribution in [0.2, 0.25) is 0 Å². The van der Waals surface area contributed by atoms with E-state index in [1.807, 2.05) is 24.0 Å². The second-order valence-electron chi connectivity index (χ2n) is 10.9. The number of nitrogens with one attached hydrogen (secondary N) is 1. The monoisotopic (exact) mass is 521 g/mol. The number of amides is 2. The summed E-state index contributed by atoms with van der Waals surface area (Å²) in [6.07, 6.45) is 7.26. The number of hydrogen-bond donors (Lipinski definition) is 1. The second kappa shape index (κ2) is 12.3. The summed E-state index contributed by atoms with van der Waals surface area (Å²) in [5, 5.41) is 3.04. The molecule has 2 fully saturated rings. The third-order valence-electron chi connectivity index (χ3n) is 8.39. The van der Waals surface area contributed by atoms with Gasteiger partial charge < -0.3 is 19.9 Å². The Hall–Kier alpha value is -2.93. The van der Waals surface area contributed by atoms with E-state index < -0.39 is 6.10 Å². The summed E-state index contributed by atoms with van der Waals surface area (Å²) in [4.78, 5) is 30.9. The average Bonchev–Trinajstić information content (AvgIpc) is 3.66. The van der Waals surface area contributed by atoms with Crippen molar-refractivity contribution in [1.82, 2.24) is 15.1 Å². The van der Waals surface area contributed by atoms with Crippen LogP contribution in [0.3, 0.4) is 0 Å². The zero-order valence-corrected chi connectivity index (χ0v) is 22.5. The SMILES string of the molecule is CCC(Oc1ccc2c(c1)C(c1ccc(F)cc1)N(C(=O)C1CCCC1)CC2)C(=O)NCCN1CCCC1. The fourth-order valence-electron chi connectivity index (χ4n) is 6.26. The van der Waals surface area contributed by atoms with Gasteiger partial charge in [0.2, 0.25) is 5.91 Å². The largest absolute Gasteiger partial charge is 0.481 e. The number of ether oxygens (including phenoxy) is 1. The molecule has 0 spiro atoms. The van der Waals surface area contributed by atoms with Gasteiger partial charge in [0.25, 0.3) is 5.91 Å². The molecule has 3 aliphatic rings. The van der Waals surface area contributed by atoms with Crippen molar-refractivity contribution >= 4 is 11.8 Å². The number of likely N-dealkylation sites (tertiary alicyclic amines) is 1. The summed E-state index contributed by atoms with van der Waals surface area (Å²) >= 11 is 0. The van der Waals surface area contributed by atoms with Crippen LogP contribution in [0, 0.1) is 11.7 Å². The molecule has 1 aliphatic carbocycles. The Bertz CT molecular complexity index is 1110. The van der Waals surface area contributed by atoms with Crippen molar-refractivity contribution in [3.05, 3.63) is 65.0 Å². The van der Waals surface area contributed by atoms with Crippen LogP contribution in [-0.4, -0.2) is 60.4 Å². The maximum atomic E-state index is 13.8. The topological polar surface area (TPSA) is 61.9 Å². The van der Waals surface area contributed by atoms with Crippen molar-refractivity contribution < 1.29 is 18.7 Å². The fraction of sp³-hybridized carbons (Fsp3) is 0.548. The van der Waals surface area contributed by atoms with E-state index in [1.165, 1.54) is 25.0 Å². The first-order chi connectivity index (χ1) is 18.5. The Morgan fingerprint density at radius 3 is 2.47 bits per heavy atom. The lowest BCUT2D eigenvalue weighted by Gasteiger charge is -2.39. The summed E-state index contributed by atoms with van der Waals surface area (Å²) in [6.45, 7) is 6.29. The molecule has 1 saturated heterocycles. The number of carbonyl (C=O) groups excluding carboxylic acids is 2. The normalized spacial score (nSPS) is 20.8. The molecule has 0 bridgehead atoms. The van der Waals surface area contributed by atoms with Gasteiger partial charge >= 0.3 is 0 Å². The number of nitrogens with zero attached hydrogens (tertiary/aromatic N) is 2. The first-order valence-electron chi connectivity index (χ1n) is 14.4. The van der Waals surface area contributed by atoms with E-state index in [0.717, 1.165) is 68.4 Å². The molecule has 6 nitrogen and oxygen atoms in total. The molecule has 2 aromatic carbocycles. The van der Waals surface area contributed by atoms with E-state index in [4.69, 9.17) is 4.74 Å². The van der Waals surface area contributed by atoms with Gasteiger partial charge in [0.15, 0.2) is 6.10 Å². The third-order valence-corrected chi connectivity index (χ3v) is 8.39. The number of rotatable bonds is 9. The molecule has 1 N–H and O–H groups in total. The van der Waals surface area contributed by atoms with Crippen molar-refractivity contribution in [2.75, 3.05) is 32.7 Å². The maximum Gasteiger partial charge on any atom is 0.261 e. The van der Waals surface area contributed by atoms with E-state index >= 15 is 0 Å². The molecule has 2 unspecified atom stereocenters. The van der Waals surface area contributed by atoms with Crippen LogP contribution >= 0.6 is 0 Å². The Kier molecular flexibility index (Phi) is 8.62. The van der Waals surface area contributed by atoms with Gasteiger partial charge in [0.05, 0.1) is 6.04 Å². The third kappa shape index (κ3) is 6.04. The summed E-state index contributed by atoms with van der Waals surface area (Å²) in [6, 6.07) is 12.1. The van der Waals surface area contributed by atoms with Gasteiger partial charge in [0, 0.05) is 25.6 Å². The molecule has 0 radical (unpaired) electrons. The predicted molar refractivity (Wildman–Crippen MR) is 145 cm³/mol. The molecule has 2 heterocycles. The summed E-state index contributed by atoms with van der Waals surface area (Å²) in [5.74, 6) is 0.479. The summed E-state index contributed by atoms with van der Waals surface area (Å²) in [7, 11) is 0. The molecular weight excluding hydrogens is 481 g/mol. The minimum atomic E-state index is -0.587. The van der Waals surface area contributed by atoms with Gasteiger partial charge in [-0.25, -0.2) is 4.39 Å². The number of fused-ring (bicyclic) bond motifs is 1. The average molecular weight is 522 g/mol. The zero-order valence-electron chi connectivity index (χ0n) is 22.5. The number of hydrogen-bond acceptors (Lipinski definition) is 4. The molecule has 204 valence electrons. The van der Waals surface area contributed by atoms with E-state index in [0.29, 0.717) is 25.3 Å². The molecule has 1 saturated carbocycles. The summed E-state index contributed by atoms with van der Waals surface area (Å²) < 4.78 is 20.0. The lowest BCUT2D eigenvalue weighted by molar-refractivity contribution is -0.137.